The molecule has 1 saturated heterocycles. The lowest BCUT2D eigenvalue weighted by molar-refractivity contribution is -0.142. The van der Waals surface area contributed by atoms with Gasteiger partial charge in [-0.05, 0) is 12.8 Å². The molecule has 112 valence electrons. The fourth-order valence-corrected chi connectivity index (χ4v) is 3.36. The van der Waals surface area contributed by atoms with Crippen molar-refractivity contribution in [1.82, 2.24) is 9.03 Å². The van der Waals surface area contributed by atoms with Gasteiger partial charge in [-0.2, -0.15) is 17.4 Å². The van der Waals surface area contributed by atoms with Crippen molar-refractivity contribution < 1.29 is 28.2 Å². The van der Waals surface area contributed by atoms with E-state index in [0.29, 0.717) is 12.8 Å². The molecule has 0 aliphatic carbocycles. The molecule has 0 spiro atoms. The number of hydrogen-bond donors (Lipinski definition) is 3. The van der Waals surface area contributed by atoms with Crippen LogP contribution in [-0.2, 0) is 19.7 Å². The number of carbonyl (C=O) groups is 1. The molecule has 0 radical (unpaired) electrons. The van der Waals surface area contributed by atoms with Crippen molar-refractivity contribution in [1.29, 1.82) is 0 Å². The highest BCUT2D eigenvalue weighted by Crippen LogP contribution is 2.19. The summed E-state index contributed by atoms with van der Waals surface area (Å²) < 4.78 is 32.3. The Bertz CT molecular complexity index is 391. The van der Waals surface area contributed by atoms with Crippen molar-refractivity contribution in [2.24, 2.45) is 5.92 Å². The smallest absolute Gasteiger partial charge is 0.306 e. The molecular formula is C10H20N2O6S. The lowest BCUT2D eigenvalue weighted by Gasteiger charge is -2.30. The van der Waals surface area contributed by atoms with Crippen molar-refractivity contribution in [3.8, 4) is 0 Å². The van der Waals surface area contributed by atoms with Gasteiger partial charge in [0.25, 0.3) is 10.2 Å². The lowest BCUT2D eigenvalue weighted by Crippen LogP contribution is -2.50. The maximum Gasteiger partial charge on any atom is 0.306 e. The fraction of sp³-hybridized carbons (Fsp3) is 0.900. The molecule has 0 amide bonds. The highest BCUT2D eigenvalue weighted by molar-refractivity contribution is 7.87. The van der Waals surface area contributed by atoms with Crippen LogP contribution in [0.15, 0.2) is 0 Å². The Morgan fingerprint density at radius 1 is 1.47 bits per heavy atom. The van der Waals surface area contributed by atoms with Gasteiger partial charge in [-0.3, -0.25) is 4.79 Å². The molecule has 1 atom stereocenters. The second kappa shape index (κ2) is 7.15. The number of carboxylic acids is 1. The molecule has 1 aliphatic heterocycles. The topological polar surface area (TPSA) is 116 Å². The molecule has 1 heterocycles. The van der Waals surface area contributed by atoms with Crippen LogP contribution in [0.3, 0.4) is 0 Å². The number of aliphatic hydroxyl groups is 1. The Morgan fingerprint density at radius 2 is 2.05 bits per heavy atom. The van der Waals surface area contributed by atoms with Gasteiger partial charge < -0.3 is 14.9 Å². The Labute approximate surface area is 112 Å². The molecule has 9 heteroatoms. The van der Waals surface area contributed by atoms with E-state index in [0.717, 1.165) is 0 Å². The number of ether oxygens (including phenoxy) is 1. The van der Waals surface area contributed by atoms with Crippen molar-refractivity contribution in [3.63, 3.8) is 0 Å². The Morgan fingerprint density at radius 3 is 2.47 bits per heavy atom. The van der Waals surface area contributed by atoms with Crippen LogP contribution in [0, 0.1) is 5.92 Å². The minimum Gasteiger partial charge on any atom is -0.481 e. The standard InChI is InChI=1S/C10H20N2O6S/c1-18-7-9(6-13)11-19(16,17)12-4-2-8(3-5-12)10(14)15/h8-9,11,13H,2-7H2,1H3,(H,14,15). The van der Waals surface area contributed by atoms with Crippen LogP contribution in [-0.4, -0.2) is 68.4 Å². The first kappa shape index (κ1) is 16.3. The van der Waals surface area contributed by atoms with Crippen molar-refractivity contribution in [2.75, 3.05) is 33.4 Å². The van der Waals surface area contributed by atoms with Gasteiger partial charge in [0.1, 0.15) is 0 Å². The Kier molecular flexibility index (Phi) is 6.14. The third-order valence-electron chi connectivity index (χ3n) is 3.05. The summed E-state index contributed by atoms with van der Waals surface area (Å²) in [5, 5.41) is 17.9. The Hall–Kier alpha value is -0.740. The molecule has 1 fully saturated rings. The molecular weight excluding hydrogens is 276 g/mol. The predicted octanol–water partition coefficient (Wildman–Crippen LogP) is -1.38. The number of hydrogen-bond acceptors (Lipinski definition) is 5. The fourth-order valence-electron chi connectivity index (χ4n) is 1.95. The number of aliphatic carboxylic acids is 1. The number of aliphatic hydroxyl groups excluding tert-OH is 1. The lowest BCUT2D eigenvalue weighted by atomic mass is 9.99. The predicted molar refractivity (Wildman–Crippen MR) is 66.7 cm³/mol. The van der Waals surface area contributed by atoms with Crippen LogP contribution >= 0.6 is 0 Å². The molecule has 19 heavy (non-hydrogen) atoms. The summed E-state index contributed by atoms with van der Waals surface area (Å²) in [5.41, 5.74) is 0. The van der Waals surface area contributed by atoms with Crippen molar-refractivity contribution in [2.45, 2.75) is 18.9 Å². The van der Waals surface area contributed by atoms with Crippen molar-refractivity contribution in [3.05, 3.63) is 0 Å². The summed E-state index contributed by atoms with van der Waals surface area (Å²) in [6, 6.07) is -0.702. The SMILES string of the molecule is COCC(CO)NS(=O)(=O)N1CCC(C(=O)O)CC1. The van der Waals surface area contributed by atoms with Gasteiger partial charge in [0, 0.05) is 20.2 Å². The Balaban J connectivity index is 2.57. The van der Waals surface area contributed by atoms with E-state index in [1.165, 1.54) is 11.4 Å². The van der Waals surface area contributed by atoms with Gasteiger partial charge >= 0.3 is 5.97 Å². The number of nitrogens with zero attached hydrogens (tertiary/aromatic N) is 1. The van der Waals surface area contributed by atoms with Crippen LogP contribution in [0.25, 0.3) is 0 Å². The summed E-state index contributed by atoms with van der Waals surface area (Å²) >= 11 is 0. The van der Waals surface area contributed by atoms with Gasteiger partial charge in [-0.1, -0.05) is 0 Å². The van der Waals surface area contributed by atoms with Crippen LogP contribution in [0.1, 0.15) is 12.8 Å². The molecule has 0 bridgehead atoms. The molecule has 1 aliphatic rings. The average molecular weight is 296 g/mol. The first-order chi connectivity index (χ1) is 8.90. The van der Waals surface area contributed by atoms with Crippen molar-refractivity contribution >= 4 is 16.2 Å². The number of nitrogens with one attached hydrogen (secondary N) is 1. The summed E-state index contributed by atoms with van der Waals surface area (Å²) in [6.45, 7) is 0.0366. The summed E-state index contributed by atoms with van der Waals surface area (Å²) in [5.74, 6) is -1.38. The minimum atomic E-state index is -3.72. The second-order valence-corrected chi connectivity index (χ2v) is 6.17. The van der Waals surface area contributed by atoms with E-state index in [-0.39, 0.29) is 26.3 Å². The van der Waals surface area contributed by atoms with Crippen LogP contribution in [0.2, 0.25) is 0 Å². The molecule has 0 aromatic carbocycles. The molecule has 0 aromatic rings. The van der Waals surface area contributed by atoms with E-state index in [2.05, 4.69) is 4.72 Å². The summed E-state index contributed by atoms with van der Waals surface area (Å²) in [4.78, 5) is 10.8. The summed E-state index contributed by atoms with van der Waals surface area (Å²) in [6.07, 6.45) is 0.592. The van der Waals surface area contributed by atoms with Gasteiger partial charge in [0.2, 0.25) is 0 Å². The van der Waals surface area contributed by atoms with E-state index in [4.69, 9.17) is 14.9 Å². The average Bonchev–Trinajstić information content (AvgIpc) is 2.38. The second-order valence-electron chi connectivity index (χ2n) is 4.47. The number of carboxylic acid groups (broad SMARTS) is 1. The monoisotopic (exact) mass is 296 g/mol. The highest BCUT2D eigenvalue weighted by atomic mass is 32.2. The molecule has 0 saturated carbocycles. The first-order valence-electron chi connectivity index (χ1n) is 6.00. The van der Waals surface area contributed by atoms with Crippen LogP contribution in [0.4, 0.5) is 0 Å². The maximum absolute atomic E-state index is 12.0. The zero-order chi connectivity index (χ0) is 14.5. The van der Waals surface area contributed by atoms with E-state index in [1.54, 1.807) is 0 Å². The van der Waals surface area contributed by atoms with E-state index in [1.807, 2.05) is 0 Å². The van der Waals surface area contributed by atoms with Gasteiger partial charge in [-0.15, -0.1) is 0 Å². The summed E-state index contributed by atoms with van der Waals surface area (Å²) in [7, 11) is -2.30. The molecule has 1 rings (SSSR count). The molecule has 8 nitrogen and oxygen atoms in total. The number of piperidine rings is 1. The van der Waals surface area contributed by atoms with E-state index >= 15 is 0 Å². The largest absolute Gasteiger partial charge is 0.481 e. The molecule has 1 unspecified atom stereocenters. The maximum atomic E-state index is 12.0. The third-order valence-corrected chi connectivity index (χ3v) is 4.72. The zero-order valence-electron chi connectivity index (χ0n) is 10.8. The van der Waals surface area contributed by atoms with Gasteiger partial charge in [-0.25, -0.2) is 0 Å². The quantitative estimate of drug-likeness (QED) is 0.533. The highest BCUT2D eigenvalue weighted by Gasteiger charge is 2.32. The minimum absolute atomic E-state index is 0.0708. The zero-order valence-corrected chi connectivity index (χ0v) is 11.6. The van der Waals surface area contributed by atoms with E-state index < -0.39 is 28.1 Å². The molecule has 0 aromatic heterocycles. The first-order valence-corrected chi connectivity index (χ1v) is 7.44. The van der Waals surface area contributed by atoms with Gasteiger partial charge in [0.15, 0.2) is 0 Å². The molecule has 3 N–H and O–H groups in total. The van der Waals surface area contributed by atoms with E-state index in [9.17, 15) is 13.2 Å². The van der Waals surface area contributed by atoms with Crippen LogP contribution < -0.4 is 4.72 Å². The normalized spacial score (nSPS) is 20.3. The third kappa shape index (κ3) is 4.69. The number of methoxy groups -OCH3 is 1. The van der Waals surface area contributed by atoms with Gasteiger partial charge in [0.05, 0.1) is 25.2 Å². The van der Waals surface area contributed by atoms with Crippen LogP contribution in [0.5, 0.6) is 0 Å². The number of rotatable bonds is 7.